The molecule has 2 aromatic heterocycles. The number of amides is 1. The second-order valence-corrected chi connectivity index (χ2v) is 7.16. The summed E-state index contributed by atoms with van der Waals surface area (Å²) >= 11 is 0. The zero-order valence-electron chi connectivity index (χ0n) is 15.6. The number of piperidine rings is 1. The smallest absolute Gasteiger partial charge is 0.274 e. The summed E-state index contributed by atoms with van der Waals surface area (Å²) in [6.45, 7) is 4.79. The van der Waals surface area contributed by atoms with Crippen LogP contribution in [0.25, 0.3) is 0 Å². The molecule has 2 aliphatic rings. The van der Waals surface area contributed by atoms with Crippen molar-refractivity contribution in [2.45, 2.75) is 50.9 Å². The van der Waals surface area contributed by atoms with Crippen LogP contribution < -0.4 is 4.74 Å². The second-order valence-electron chi connectivity index (χ2n) is 7.16. The van der Waals surface area contributed by atoms with Crippen molar-refractivity contribution in [2.75, 3.05) is 19.7 Å². The van der Waals surface area contributed by atoms with Crippen LogP contribution in [-0.4, -0.2) is 62.0 Å². The van der Waals surface area contributed by atoms with E-state index in [0.29, 0.717) is 31.3 Å². The third-order valence-electron chi connectivity index (χ3n) is 5.42. The van der Waals surface area contributed by atoms with Gasteiger partial charge in [-0.2, -0.15) is 5.10 Å². The molecule has 27 heavy (non-hydrogen) atoms. The van der Waals surface area contributed by atoms with Gasteiger partial charge in [0.25, 0.3) is 5.91 Å². The van der Waals surface area contributed by atoms with Gasteiger partial charge in [-0.3, -0.25) is 14.5 Å². The average Bonchev–Trinajstić information content (AvgIpc) is 3.18. The Morgan fingerprint density at radius 1 is 1.37 bits per heavy atom. The minimum atomic E-state index is -0.218. The Hall–Kier alpha value is -2.48. The van der Waals surface area contributed by atoms with Gasteiger partial charge in [0.2, 0.25) is 5.88 Å². The summed E-state index contributed by atoms with van der Waals surface area (Å²) in [7, 11) is 0. The molecule has 4 heterocycles. The van der Waals surface area contributed by atoms with Crippen molar-refractivity contribution in [3.8, 4) is 5.88 Å². The monoisotopic (exact) mass is 371 g/mol. The maximum absolute atomic E-state index is 12.7. The quantitative estimate of drug-likeness (QED) is 0.817. The largest absolute Gasteiger partial charge is 0.473 e. The minimum Gasteiger partial charge on any atom is -0.473 e. The predicted octanol–water partition coefficient (Wildman–Crippen LogP) is 1.93. The molecule has 144 valence electrons. The van der Waals surface area contributed by atoms with Crippen LogP contribution in [0.2, 0.25) is 0 Å². The molecule has 0 aromatic carbocycles. The Morgan fingerprint density at radius 3 is 2.93 bits per heavy atom. The van der Waals surface area contributed by atoms with Gasteiger partial charge in [0.1, 0.15) is 11.8 Å². The number of carbonyl (C=O) groups excluding carboxylic acids is 1. The Morgan fingerprint density at radius 2 is 2.22 bits per heavy atom. The Labute approximate surface area is 158 Å². The van der Waals surface area contributed by atoms with E-state index in [9.17, 15) is 4.79 Å². The van der Waals surface area contributed by atoms with Gasteiger partial charge in [-0.25, -0.2) is 4.98 Å². The Balaban J connectivity index is 1.35. The van der Waals surface area contributed by atoms with E-state index < -0.39 is 0 Å². The highest BCUT2D eigenvalue weighted by molar-refractivity contribution is 5.92. The second kappa shape index (κ2) is 7.64. The van der Waals surface area contributed by atoms with Crippen molar-refractivity contribution in [3.63, 3.8) is 0 Å². The van der Waals surface area contributed by atoms with E-state index in [1.807, 2.05) is 18.0 Å². The van der Waals surface area contributed by atoms with Crippen LogP contribution >= 0.6 is 0 Å². The van der Waals surface area contributed by atoms with Crippen LogP contribution in [0.1, 0.15) is 43.1 Å². The van der Waals surface area contributed by atoms with E-state index in [-0.39, 0.29) is 17.6 Å². The number of nitrogens with zero attached hydrogens (tertiary/aromatic N) is 5. The molecule has 2 fully saturated rings. The first-order chi connectivity index (χ1) is 13.2. The summed E-state index contributed by atoms with van der Waals surface area (Å²) in [6, 6.07) is 1.79. The highest BCUT2D eigenvalue weighted by Gasteiger charge is 2.42. The van der Waals surface area contributed by atoms with Gasteiger partial charge in [0, 0.05) is 51.1 Å². The van der Waals surface area contributed by atoms with Crippen LogP contribution in [0, 0.1) is 0 Å². The number of carbonyl (C=O) groups is 1. The summed E-state index contributed by atoms with van der Waals surface area (Å²) in [4.78, 5) is 22.8. The first kappa shape index (κ1) is 17.9. The molecule has 1 unspecified atom stereocenters. The molecule has 2 saturated heterocycles. The van der Waals surface area contributed by atoms with Gasteiger partial charge in [-0.15, -0.1) is 0 Å². The van der Waals surface area contributed by atoms with Gasteiger partial charge in [0.05, 0.1) is 18.4 Å². The molecule has 1 atom stereocenters. The van der Waals surface area contributed by atoms with Crippen molar-refractivity contribution in [2.24, 2.45) is 0 Å². The van der Waals surface area contributed by atoms with Crippen molar-refractivity contribution in [1.82, 2.24) is 24.6 Å². The van der Waals surface area contributed by atoms with E-state index in [4.69, 9.17) is 9.47 Å². The normalized spacial score (nSPS) is 22.0. The molecule has 0 saturated carbocycles. The van der Waals surface area contributed by atoms with Crippen LogP contribution in [0.5, 0.6) is 5.88 Å². The maximum Gasteiger partial charge on any atom is 0.274 e. The van der Waals surface area contributed by atoms with E-state index >= 15 is 0 Å². The molecule has 4 rings (SSSR count). The first-order valence-corrected chi connectivity index (χ1v) is 9.57. The van der Waals surface area contributed by atoms with Crippen molar-refractivity contribution in [3.05, 3.63) is 36.5 Å². The number of likely N-dealkylation sites (tertiary alicyclic amines) is 1. The fraction of sp³-hybridized carbons (Fsp3) is 0.579. The van der Waals surface area contributed by atoms with Crippen molar-refractivity contribution < 1.29 is 14.3 Å². The number of hydrogen-bond acceptors (Lipinski definition) is 6. The van der Waals surface area contributed by atoms with Gasteiger partial charge in [0.15, 0.2) is 0 Å². The van der Waals surface area contributed by atoms with Crippen LogP contribution in [0.15, 0.2) is 30.9 Å². The Kier molecular flexibility index (Phi) is 5.07. The van der Waals surface area contributed by atoms with Crippen LogP contribution in [-0.2, 0) is 11.3 Å². The molecule has 1 spiro atoms. The lowest BCUT2D eigenvalue weighted by molar-refractivity contribution is -0.135. The fourth-order valence-electron chi connectivity index (χ4n) is 3.88. The first-order valence-electron chi connectivity index (χ1n) is 9.57. The highest BCUT2D eigenvalue weighted by Crippen LogP contribution is 2.36. The molecule has 0 aliphatic carbocycles. The highest BCUT2D eigenvalue weighted by atomic mass is 16.5. The van der Waals surface area contributed by atoms with Gasteiger partial charge in [-0.05, 0) is 25.8 Å². The molecular weight excluding hydrogens is 346 g/mol. The minimum absolute atomic E-state index is 0.000203. The van der Waals surface area contributed by atoms with Crippen molar-refractivity contribution in [1.29, 1.82) is 0 Å². The fourth-order valence-corrected chi connectivity index (χ4v) is 3.88. The number of aromatic nitrogens is 4. The van der Waals surface area contributed by atoms with E-state index in [1.165, 1.54) is 0 Å². The number of ether oxygens (including phenoxy) is 2. The summed E-state index contributed by atoms with van der Waals surface area (Å²) in [6.07, 6.45) is 10.1. The topological polar surface area (TPSA) is 82.4 Å². The Bertz CT molecular complexity index is 771. The van der Waals surface area contributed by atoms with Gasteiger partial charge >= 0.3 is 0 Å². The SMILES string of the molecule is CCn1ccc(C(=O)N2CCC3(CC2)CC(Oc2cnccn2)CCO3)n1. The molecule has 8 heteroatoms. The summed E-state index contributed by atoms with van der Waals surface area (Å²) in [5.41, 5.74) is 0.297. The van der Waals surface area contributed by atoms with Gasteiger partial charge in [-0.1, -0.05) is 0 Å². The van der Waals surface area contributed by atoms with Gasteiger partial charge < -0.3 is 14.4 Å². The number of rotatable bonds is 4. The zero-order chi connectivity index (χ0) is 18.7. The standard InChI is InChI=1S/C19H25N5O3/c1-2-24-9-3-16(22-24)18(25)23-10-5-19(6-11-23)13-15(4-12-26-19)27-17-14-20-7-8-21-17/h3,7-9,14-15H,2,4-6,10-13H2,1H3. The lowest BCUT2D eigenvalue weighted by Gasteiger charge is -2.45. The van der Waals surface area contributed by atoms with E-state index in [1.54, 1.807) is 29.3 Å². The zero-order valence-corrected chi connectivity index (χ0v) is 15.6. The van der Waals surface area contributed by atoms with Crippen LogP contribution in [0.4, 0.5) is 0 Å². The molecule has 0 N–H and O–H groups in total. The average molecular weight is 371 g/mol. The molecule has 0 radical (unpaired) electrons. The van der Waals surface area contributed by atoms with E-state index in [0.717, 1.165) is 32.2 Å². The third-order valence-corrected chi connectivity index (χ3v) is 5.42. The molecule has 1 amide bonds. The predicted molar refractivity (Wildman–Crippen MR) is 97.4 cm³/mol. The third kappa shape index (κ3) is 3.95. The molecule has 8 nitrogen and oxygen atoms in total. The lowest BCUT2D eigenvalue weighted by Crippen LogP contribution is -2.52. The van der Waals surface area contributed by atoms with Crippen molar-refractivity contribution >= 4 is 5.91 Å². The maximum atomic E-state index is 12.7. The molecule has 0 bridgehead atoms. The number of aryl methyl sites for hydroxylation is 1. The molecular formula is C19H25N5O3. The van der Waals surface area contributed by atoms with Crippen LogP contribution in [0.3, 0.4) is 0 Å². The lowest BCUT2D eigenvalue weighted by atomic mass is 9.83. The molecule has 2 aliphatic heterocycles. The summed E-state index contributed by atoms with van der Waals surface area (Å²) < 4.78 is 13.9. The summed E-state index contributed by atoms with van der Waals surface area (Å²) in [5.74, 6) is 0.555. The summed E-state index contributed by atoms with van der Waals surface area (Å²) in [5, 5.41) is 4.33. The number of hydrogen-bond donors (Lipinski definition) is 0. The van der Waals surface area contributed by atoms with E-state index in [2.05, 4.69) is 15.1 Å². The molecule has 2 aromatic rings.